The van der Waals surface area contributed by atoms with Gasteiger partial charge in [-0.2, -0.15) is 0 Å². The second kappa shape index (κ2) is 7.34. The first-order valence-electron chi connectivity index (χ1n) is 5.04. The number of aromatic nitrogens is 2. The van der Waals surface area contributed by atoms with E-state index in [0.29, 0.717) is 5.82 Å². The molecule has 0 aromatic carbocycles. The highest BCUT2D eigenvalue weighted by Crippen LogP contribution is 2.14. The summed E-state index contributed by atoms with van der Waals surface area (Å²) < 4.78 is 12.8. The van der Waals surface area contributed by atoms with Gasteiger partial charge in [0.2, 0.25) is 0 Å². The summed E-state index contributed by atoms with van der Waals surface area (Å²) in [6, 6.07) is 0. The molecule has 0 N–H and O–H groups in total. The van der Waals surface area contributed by atoms with Crippen LogP contribution in [-0.2, 0) is 17.4 Å². The van der Waals surface area contributed by atoms with E-state index in [1.54, 1.807) is 30.0 Å². The molecule has 0 spiro atoms. The van der Waals surface area contributed by atoms with Crippen LogP contribution < -0.4 is 4.31 Å². The van der Waals surface area contributed by atoms with Crippen LogP contribution in [0.3, 0.4) is 0 Å². The van der Waals surface area contributed by atoms with E-state index in [1.165, 1.54) is 0 Å². The summed E-state index contributed by atoms with van der Waals surface area (Å²) in [5.41, 5.74) is 0.875. The molecule has 0 saturated carbocycles. The molecule has 0 aliphatic rings. The largest absolute Gasteiger partial charge is 0.278 e. The molecule has 1 rings (SSSR count). The third kappa shape index (κ3) is 3.95. The smallest absolute Gasteiger partial charge is 0.161 e. The van der Waals surface area contributed by atoms with Gasteiger partial charge in [-0.1, -0.05) is 20.8 Å². The average molecular weight is 229 g/mol. The van der Waals surface area contributed by atoms with Gasteiger partial charge in [0.25, 0.3) is 0 Å². The summed E-state index contributed by atoms with van der Waals surface area (Å²) in [5, 5.41) is 0. The van der Waals surface area contributed by atoms with E-state index in [2.05, 4.69) is 9.97 Å². The number of nitrogens with zero attached hydrogens (tertiary/aromatic N) is 3. The van der Waals surface area contributed by atoms with Gasteiger partial charge < -0.3 is 0 Å². The van der Waals surface area contributed by atoms with Crippen LogP contribution in [0, 0.1) is 0 Å². The fourth-order valence-corrected chi connectivity index (χ4v) is 1.39. The van der Waals surface area contributed by atoms with Gasteiger partial charge in [0.15, 0.2) is 5.82 Å². The Morgan fingerprint density at radius 3 is 2.33 bits per heavy atom. The summed E-state index contributed by atoms with van der Waals surface area (Å²) in [6.07, 6.45) is 5.67. The van der Waals surface area contributed by atoms with E-state index in [-0.39, 0.29) is 0 Å². The zero-order valence-corrected chi connectivity index (χ0v) is 10.8. The van der Waals surface area contributed by atoms with Crippen LogP contribution in [0.5, 0.6) is 0 Å². The van der Waals surface area contributed by atoms with Gasteiger partial charge in [-0.15, -0.1) is 0 Å². The Hall–Kier alpha value is -0.970. The lowest BCUT2D eigenvalue weighted by atomic mass is 10.3. The van der Waals surface area contributed by atoms with Crippen molar-refractivity contribution in [1.82, 2.24) is 9.97 Å². The van der Waals surface area contributed by atoms with Crippen molar-refractivity contribution < 1.29 is 4.21 Å². The van der Waals surface area contributed by atoms with E-state index in [4.69, 9.17) is 0 Å². The Kier molecular flexibility index (Phi) is 6.86. The van der Waals surface area contributed by atoms with Crippen LogP contribution >= 0.6 is 0 Å². The molecule has 1 unspecified atom stereocenters. The number of rotatable bonds is 3. The summed E-state index contributed by atoms with van der Waals surface area (Å²) in [6.45, 7) is 6.00. The zero-order chi connectivity index (χ0) is 11.8. The van der Waals surface area contributed by atoms with Crippen LogP contribution in [-0.4, -0.2) is 27.5 Å². The zero-order valence-electron chi connectivity index (χ0n) is 10.0. The average Bonchev–Trinajstić information content (AvgIpc) is 2.30. The monoisotopic (exact) mass is 229 g/mol. The Labute approximate surface area is 94.3 Å². The molecule has 15 heavy (non-hydrogen) atoms. The van der Waals surface area contributed by atoms with E-state index in [9.17, 15) is 4.21 Å². The number of hydrogen-bond donors (Lipinski definition) is 0. The maximum atomic E-state index is 11.2. The highest BCUT2D eigenvalue weighted by Gasteiger charge is 2.10. The van der Waals surface area contributed by atoms with Crippen LogP contribution in [0.25, 0.3) is 0 Å². The minimum Gasteiger partial charge on any atom is -0.278 e. The van der Waals surface area contributed by atoms with Crippen molar-refractivity contribution in [2.24, 2.45) is 0 Å². The van der Waals surface area contributed by atoms with Crippen molar-refractivity contribution in [1.29, 1.82) is 0 Å². The van der Waals surface area contributed by atoms with Crippen molar-refractivity contribution in [2.75, 3.05) is 17.6 Å². The summed E-state index contributed by atoms with van der Waals surface area (Å²) in [7, 11) is 0.707. The summed E-state index contributed by atoms with van der Waals surface area (Å²) >= 11 is 0. The number of aryl methyl sites for hydroxylation is 1. The molecule has 4 nitrogen and oxygen atoms in total. The molecule has 0 aliphatic carbocycles. The molecule has 1 aromatic rings. The van der Waals surface area contributed by atoms with Crippen LogP contribution in [0.1, 0.15) is 26.5 Å². The minimum absolute atomic E-state index is 0.700. The van der Waals surface area contributed by atoms with Crippen molar-refractivity contribution in [2.45, 2.75) is 27.2 Å². The Balaban J connectivity index is 0.000000921. The third-order valence-corrected chi connectivity index (χ3v) is 2.72. The predicted molar refractivity (Wildman–Crippen MR) is 65.2 cm³/mol. The molecule has 86 valence electrons. The lowest BCUT2D eigenvalue weighted by Gasteiger charge is -2.15. The van der Waals surface area contributed by atoms with Crippen LogP contribution in [0.4, 0.5) is 5.82 Å². The van der Waals surface area contributed by atoms with Gasteiger partial charge in [-0.05, 0) is 6.42 Å². The van der Waals surface area contributed by atoms with Crippen LogP contribution in [0.15, 0.2) is 12.4 Å². The summed E-state index contributed by atoms with van der Waals surface area (Å²) in [5.74, 6) is 0.700. The highest BCUT2D eigenvalue weighted by atomic mass is 32.2. The molecule has 0 fully saturated rings. The SMILES string of the molecule is CC.CCc1nccnc1N(C)S(C)=O. The first kappa shape index (κ1) is 14.0. The second-order valence-corrected chi connectivity index (χ2v) is 4.00. The molecule has 5 heteroatoms. The van der Waals surface area contributed by atoms with Crippen molar-refractivity contribution >= 4 is 16.8 Å². The predicted octanol–water partition coefficient (Wildman–Crippen LogP) is 1.79. The Morgan fingerprint density at radius 2 is 1.87 bits per heavy atom. The Bertz CT molecular complexity index is 317. The maximum Gasteiger partial charge on any atom is 0.161 e. The van der Waals surface area contributed by atoms with Crippen molar-refractivity contribution in [3.63, 3.8) is 0 Å². The molecule has 1 aromatic heterocycles. The first-order chi connectivity index (χ1) is 7.16. The van der Waals surface area contributed by atoms with Crippen molar-refractivity contribution in [3.05, 3.63) is 18.1 Å². The molecule has 0 saturated heterocycles. The lowest BCUT2D eigenvalue weighted by Crippen LogP contribution is -2.21. The standard InChI is InChI=1S/C8H13N3OS.C2H6/c1-4-7-8(10-6-5-9-7)11(2)13(3)12;1-2/h5-6H,4H2,1-3H3;1-2H3. The fraction of sp³-hybridized carbons (Fsp3) is 0.600. The number of anilines is 1. The lowest BCUT2D eigenvalue weighted by molar-refractivity contribution is 0.685. The van der Waals surface area contributed by atoms with E-state index in [1.807, 2.05) is 20.8 Å². The Morgan fingerprint density at radius 1 is 1.33 bits per heavy atom. The van der Waals surface area contributed by atoms with Crippen LogP contribution in [0.2, 0.25) is 0 Å². The van der Waals surface area contributed by atoms with Gasteiger partial charge in [-0.25, -0.2) is 9.19 Å². The maximum absolute atomic E-state index is 11.2. The fourth-order valence-electron chi connectivity index (χ4n) is 0.994. The number of hydrogen-bond acceptors (Lipinski definition) is 3. The molecule has 1 atom stereocenters. The molecular formula is C10H19N3OS. The summed E-state index contributed by atoms with van der Waals surface area (Å²) in [4.78, 5) is 8.30. The van der Waals surface area contributed by atoms with E-state index < -0.39 is 11.0 Å². The third-order valence-electron chi connectivity index (χ3n) is 1.77. The van der Waals surface area contributed by atoms with Gasteiger partial charge >= 0.3 is 0 Å². The van der Waals surface area contributed by atoms with E-state index >= 15 is 0 Å². The topological polar surface area (TPSA) is 46.1 Å². The van der Waals surface area contributed by atoms with Crippen molar-refractivity contribution in [3.8, 4) is 0 Å². The molecule has 0 bridgehead atoms. The normalized spacial score (nSPS) is 11.3. The quantitative estimate of drug-likeness (QED) is 0.794. The highest BCUT2D eigenvalue weighted by molar-refractivity contribution is 7.85. The van der Waals surface area contributed by atoms with Gasteiger partial charge in [0.1, 0.15) is 11.0 Å². The molecule has 0 amide bonds. The molecular weight excluding hydrogens is 210 g/mol. The van der Waals surface area contributed by atoms with Gasteiger partial charge in [0.05, 0.1) is 5.69 Å². The van der Waals surface area contributed by atoms with Gasteiger partial charge in [0, 0.05) is 25.7 Å². The molecule has 1 heterocycles. The minimum atomic E-state index is -1.04. The molecule has 0 radical (unpaired) electrons. The first-order valence-corrected chi connectivity index (χ1v) is 6.55. The van der Waals surface area contributed by atoms with Gasteiger partial charge in [-0.3, -0.25) is 9.29 Å². The van der Waals surface area contributed by atoms with E-state index in [0.717, 1.165) is 12.1 Å². The second-order valence-electron chi connectivity index (χ2n) is 2.60. The molecule has 0 aliphatic heterocycles.